The van der Waals surface area contributed by atoms with E-state index in [0.29, 0.717) is 6.42 Å². The Morgan fingerprint density at radius 1 is 0.524 bits per heavy atom. The molecule has 1 heterocycles. The highest BCUT2D eigenvalue weighted by atomic mass is 16.7. The van der Waals surface area contributed by atoms with Crippen LogP contribution in [-0.4, -0.2) is 87.5 Å². The van der Waals surface area contributed by atoms with E-state index in [1.54, 1.807) is 6.08 Å². The Balaban J connectivity index is 2.18. The largest absolute Gasteiger partial charge is 0.394 e. The van der Waals surface area contributed by atoms with Gasteiger partial charge in [-0.15, -0.1) is 0 Å². The van der Waals surface area contributed by atoms with Crippen LogP contribution in [0.4, 0.5) is 0 Å². The number of aliphatic hydroxyl groups is 5. The minimum absolute atomic E-state index is 0.174. The van der Waals surface area contributed by atoms with Crippen LogP contribution in [0.15, 0.2) is 12.2 Å². The second-order valence-electron chi connectivity index (χ2n) is 19.4. The van der Waals surface area contributed by atoms with E-state index in [1.807, 2.05) is 6.08 Å². The maximum Gasteiger partial charge on any atom is 0.220 e. The highest BCUT2D eigenvalue weighted by molar-refractivity contribution is 5.76. The number of rotatable bonds is 47. The van der Waals surface area contributed by atoms with Crippen LogP contribution in [-0.2, 0) is 14.3 Å². The molecule has 1 fully saturated rings. The summed E-state index contributed by atoms with van der Waals surface area (Å²) < 4.78 is 11.2. The molecule has 6 N–H and O–H groups in total. The number of amides is 1. The Kier molecular flexibility index (Phi) is 42.6. The molecule has 0 bridgehead atoms. The van der Waals surface area contributed by atoms with Crippen molar-refractivity contribution in [2.45, 2.75) is 314 Å². The van der Waals surface area contributed by atoms with Crippen molar-refractivity contribution in [2.75, 3.05) is 13.2 Å². The summed E-state index contributed by atoms with van der Waals surface area (Å²) in [4.78, 5) is 13.0. The van der Waals surface area contributed by atoms with Gasteiger partial charge in [-0.1, -0.05) is 257 Å². The number of carbonyl (C=O) groups is 1. The third-order valence-corrected chi connectivity index (χ3v) is 13.4. The predicted molar refractivity (Wildman–Crippen MR) is 263 cm³/mol. The number of nitrogens with one attached hydrogen (secondary N) is 1. The van der Waals surface area contributed by atoms with Crippen LogP contribution >= 0.6 is 0 Å². The van der Waals surface area contributed by atoms with Gasteiger partial charge in [0.1, 0.15) is 24.4 Å². The first-order chi connectivity index (χ1) is 30.8. The van der Waals surface area contributed by atoms with Crippen LogP contribution in [0.5, 0.6) is 0 Å². The van der Waals surface area contributed by atoms with Crippen molar-refractivity contribution in [3.8, 4) is 0 Å². The SMILES string of the molecule is CCCCCCCCCCCCCCCCCCCCCCCCCCCC/C=C/C(O)C(COC1OC(CO)C(O)C(O)C1O)NC(=O)CCCCCCCCCCCCCC. The topological polar surface area (TPSA) is 149 Å². The van der Waals surface area contributed by atoms with E-state index in [4.69, 9.17) is 9.47 Å². The molecule has 9 nitrogen and oxygen atoms in total. The Labute approximate surface area is 388 Å². The minimum Gasteiger partial charge on any atom is -0.394 e. The van der Waals surface area contributed by atoms with Gasteiger partial charge in [0.2, 0.25) is 5.91 Å². The first-order valence-corrected chi connectivity index (χ1v) is 27.4. The lowest BCUT2D eigenvalue weighted by molar-refractivity contribution is -0.302. The van der Waals surface area contributed by atoms with Gasteiger partial charge in [0.25, 0.3) is 0 Å². The number of unbranched alkanes of at least 4 members (excludes halogenated alkanes) is 37. The van der Waals surface area contributed by atoms with Crippen LogP contribution in [0.3, 0.4) is 0 Å². The highest BCUT2D eigenvalue weighted by Crippen LogP contribution is 2.23. The molecule has 0 aromatic rings. The monoisotopic (exact) mass is 896 g/mol. The molecule has 0 aromatic heterocycles. The van der Waals surface area contributed by atoms with Crippen LogP contribution in [0.25, 0.3) is 0 Å². The zero-order valence-electron chi connectivity index (χ0n) is 41.4. The fourth-order valence-corrected chi connectivity index (χ4v) is 8.98. The first-order valence-electron chi connectivity index (χ1n) is 27.4. The first kappa shape index (κ1) is 59.9. The van der Waals surface area contributed by atoms with Gasteiger partial charge in [-0.05, 0) is 19.3 Å². The van der Waals surface area contributed by atoms with E-state index < -0.39 is 49.5 Å². The second kappa shape index (κ2) is 44.7. The van der Waals surface area contributed by atoms with Crippen molar-refractivity contribution in [1.29, 1.82) is 0 Å². The van der Waals surface area contributed by atoms with Crippen LogP contribution < -0.4 is 5.32 Å². The van der Waals surface area contributed by atoms with Gasteiger partial charge in [0, 0.05) is 6.42 Å². The van der Waals surface area contributed by atoms with E-state index in [1.165, 1.54) is 212 Å². The van der Waals surface area contributed by atoms with Crippen molar-refractivity contribution in [3.63, 3.8) is 0 Å². The molecular weight excluding hydrogens is 791 g/mol. The molecule has 1 rings (SSSR count). The van der Waals surface area contributed by atoms with Gasteiger partial charge >= 0.3 is 0 Å². The van der Waals surface area contributed by atoms with E-state index in [2.05, 4.69) is 19.2 Å². The maximum absolute atomic E-state index is 13.0. The molecule has 1 amide bonds. The van der Waals surface area contributed by atoms with Gasteiger partial charge in [-0.25, -0.2) is 0 Å². The quantitative estimate of drug-likeness (QED) is 0.0261. The molecule has 0 saturated carbocycles. The van der Waals surface area contributed by atoms with Crippen molar-refractivity contribution < 1.29 is 39.8 Å². The summed E-state index contributed by atoms with van der Waals surface area (Å²) in [7, 11) is 0. The predicted octanol–water partition coefficient (Wildman–Crippen LogP) is 12.8. The Morgan fingerprint density at radius 2 is 0.873 bits per heavy atom. The molecule has 63 heavy (non-hydrogen) atoms. The summed E-state index contributed by atoms with van der Waals surface area (Å²) in [6.07, 6.45) is 47.1. The van der Waals surface area contributed by atoms with Crippen molar-refractivity contribution in [1.82, 2.24) is 5.32 Å². The lowest BCUT2D eigenvalue weighted by Crippen LogP contribution is -2.60. The number of ether oxygens (including phenoxy) is 2. The van der Waals surface area contributed by atoms with Crippen LogP contribution in [0.1, 0.15) is 271 Å². The number of allylic oxidation sites excluding steroid dienone is 1. The van der Waals surface area contributed by atoms with E-state index in [-0.39, 0.29) is 12.5 Å². The van der Waals surface area contributed by atoms with Crippen molar-refractivity contribution in [2.24, 2.45) is 0 Å². The van der Waals surface area contributed by atoms with Crippen molar-refractivity contribution in [3.05, 3.63) is 12.2 Å². The van der Waals surface area contributed by atoms with Gasteiger partial charge in [0.15, 0.2) is 6.29 Å². The zero-order valence-corrected chi connectivity index (χ0v) is 41.4. The van der Waals surface area contributed by atoms with Gasteiger partial charge in [-0.2, -0.15) is 0 Å². The number of hydrogen-bond acceptors (Lipinski definition) is 8. The second-order valence-corrected chi connectivity index (χ2v) is 19.4. The number of carbonyl (C=O) groups excluding carboxylic acids is 1. The molecule has 0 spiro atoms. The summed E-state index contributed by atoms with van der Waals surface area (Å²) >= 11 is 0. The van der Waals surface area contributed by atoms with Gasteiger partial charge in [-0.3, -0.25) is 4.79 Å². The van der Waals surface area contributed by atoms with Crippen molar-refractivity contribution >= 4 is 5.91 Å². The summed E-state index contributed by atoms with van der Waals surface area (Å²) in [5, 5.41) is 54.3. The van der Waals surface area contributed by atoms with E-state index in [0.717, 1.165) is 38.5 Å². The molecule has 9 heteroatoms. The molecule has 7 unspecified atom stereocenters. The fraction of sp³-hybridized carbons (Fsp3) is 0.944. The summed E-state index contributed by atoms with van der Waals surface area (Å²) in [6.45, 7) is 3.80. The normalized spacial score (nSPS) is 20.1. The lowest BCUT2D eigenvalue weighted by atomic mass is 9.99. The maximum atomic E-state index is 13.0. The zero-order chi connectivity index (χ0) is 45.9. The minimum atomic E-state index is -1.56. The molecule has 7 atom stereocenters. The number of hydrogen-bond donors (Lipinski definition) is 6. The average Bonchev–Trinajstić information content (AvgIpc) is 3.28. The molecule has 0 aromatic carbocycles. The molecule has 0 radical (unpaired) electrons. The van der Waals surface area contributed by atoms with Crippen LogP contribution in [0, 0.1) is 0 Å². The number of aliphatic hydroxyl groups excluding tert-OH is 5. The molecule has 1 aliphatic heterocycles. The third kappa shape index (κ3) is 34.8. The molecule has 1 aliphatic rings. The van der Waals surface area contributed by atoms with Crippen LogP contribution in [0.2, 0.25) is 0 Å². The molecule has 1 saturated heterocycles. The standard InChI is InChI=1S/C54H105NO8/c1-3-5-7-9-11-13-15-17-18-19-20-21-22-23-24-25-26-27-28-29-30-31-32-33-35-37-39-41-43-48(57)47(46-62-54-53(61)52(60)51(59)49(45-56)63-54)55-50(58)44-42-40-38-36-34-16-14-12-10-8-6-4-2/h41,43,47-49,51-54,56-57,59-61H,3-40,42,44-46H2,1-2H3,(H,55,58)/b43-41+. The fourth-order valence-electron chi connectivity index (χ4n) is 8.98. The summed E-state index contributed by atoms with van der Waals surface area (Å²) in [6, 6.07) is -0.799. The summed E-state index contributed by atoms with van der Waals surface area (Å²) in [5.41, 5.74) is 0. The Morgan fingerprint density at radius 3 is 1.24 bits per heavy atom. The summed E-state index contributed by atoms with van der Waals surface area (Å²) in [5.74, 6) is -0.174. The van der Waals surface area contributed by atoms with Gasteiger partial charge < -0.3 is 40.3 Å². The molecule has 374 valence electrons. The van der Waals surface area contributed by atoms with Gasteiger partial charge in [0.05, 0.1) is 25.4 Å². The highest BCUT2D eigenvalue weighted by Gasteiger charge is 2.44. The Hall–Kier alpha value is -1.07. The average molecular weight is 896 g/mol. The third-order valence-electron chi connectivity index (χ3n) is 13.4. The Bertz CT molecular complexity index is 997. The lowest BCUT2D eigenvalue weighted by Gasteiger charge is -2.40. The van der Waals surface area contributed by atoms with E-state index in [9.17, 15) is 30.3 Å². The smallest absolute Gasteiger partial charge is 0.220 e. The van der Waals surface area contributed by atoms with E-state index >= 15 is 0 Å². The molecule has 0 aliphatic carbocycles. The molecular formula is C54H105NO8.